The highest BCUT2D eigenvalue weighted by Crippen LogP contribution is 2.43. The molecule has 3 aliphatic rings. The summed E-state index contributed by atoms with van der Waals surface area (Å²) in [6, 6.07) is 9.44. The molecule has 114 valence electrons. The van der Waals surface area contributed by atoms with E-state index in [0.29, 0.717) is 12.0 Å². The number of rotatable bonds is 6. The molecule has 0 spiro atoms. The number of benzene rings is 1. The summed E-state index contributed by atoms with van der Waals surface area (Å²) in [6.07, 6.45) is 7.53. The van der Waals surface area contributed by atoms with E-state index in [2.05, 4.69) is 34.5 Å². The van der Waals surface area contributed by atoms with Gasteiger partial charge in [0, 0.05) is 24.8 Å². The van der Waals surface area contributed by atoms with Crippen molar-refractivity contribution in [1.82, 2.24) is 5.32 Å². The van der Waals surface area contributed by atoms with Gasteiger partial charge in [-0.3, -0.25) is 0 Å². The Balaban J connectivity index is 1.58. The molecular formula is C18H26N2O. The molecule has 4 rings (SSSR count). The summed E-state index contributed by atoms with van der Waals surface area (Å²) in [5.41, 5.74) is 2.78. The maximum Gasteiger partial charge on any atom is 0.0633 e. The van der Waals surface area contributed by atoms with Gasteiger partial charge in [0.2, 0.25) is 0 Å². The number of aliphatic hydroxyl groups is 1. The Morgan fingerprint density at radius 2 is 2.00 bits per heavy atom. The summed E-state index contributed by atoms with van der Waals surface area (Å²) in [4.78, 5) is 2.52. The average Bonchev–Trinajstić information content (AvgIpc) is 3.39. The van der Waals surface area contributed by atoms with E-state index in [0.717, 1.165) is 13.1 Å². The van der Waals surface area contributed by atoms with Crippen LogP contribution in [0, 0.1) is 5.92 Å². The van der Waals surface area contributed by atoms with Crippen LogP contribution in [0.25, 0.3) is 0 Å². The maximum absolute atomic E-state index is 10.2. The van der Waals surface area contributed by atoms with Crippen LogP contribution in [0.5, 0.6) is 0 Å². The number of hydrogen-bond acceptors (Lipinski definition) is 3. The molecule has 0 aromatic heterocycles. The maximum atomic E-state index is 10.2. The molecule has 0 radical (unpaired) electrons. The lowest BCUT2D eigenvalue weighted by Crippen LogP contribution is -2.59. The van der Waals surface area contributed by atoms with E-state index in [1.165, 1.54) is 49.8 Å². The highest BCUT2D eigenvalue weighted by Gasteiger charge is 2.48. The number of fused-ring (bicyclic) bond motifs is 1. The van der Waals surface area contributed by atoms with Gasteiger partial charge in [0.1, 0.15) is 0 Å². The van der Waals surface area contributed by atoms with Gasteiger partial charge in [-0.05, 0) is 56.1 Å². The number of para-hydroxylation sites is 1. The molecule has 0 bridgehead atoms. The molecule has 0 saturated heterocycles. The van der Waals surface area contributed by atoms with Crippen LogP contribution < -0.4 is 10.2 Å². The molecule has 1 unspecified atom stereocenters. The molecule has 1 aromatic rings. The Bertz CT molecular complexity index is 510. The Morgan fingerprint density at radius 1 is 1.19 bits per heavy atom. The van der Waals surface area contributed by atoms with Crippen LogP contribution in [0.2, 0.25) is 0 Å². The van der Waals surface area contributed by atoms with Gasteiger partial charge in [0.25, 0.3) is 0 Å². The molecule has 21 heavy (non-hydrogen) atoms. The van der Waals surface area contributed by atoms with Gasteiger partial charge in [-0.2, -0.15) is 0 Å². The Hall–Kier alpha value is -1.06. The first-order valence-electron chi connectivity index (χ1n) is 8.52. The Kier molecular flexibility index (Phi) is 3.43. The smallest absolute Gasteiger partial charge is 0.0633 e. The van der Waals surface area contributed by atoms with Crippen LogP contribution in [-0.2, 0) is 6.42 Å². The second-order valence-electron chi connectivity index (χ2n) is 7.16. The van der Waals surface area contributed by atoms with Gasteiger partial charge in [-0.25, -0.2) is 0 Å². The Morgan fingerprint density at radius 3 is 2.71 bits per heavy atom. The number of hydrogen-bond donors (Lipinski definition) is 2. The Labute approximate surface area is 127 Å². The zero-order valence-electron chi connectivity index (χ0n) is 12.7. The zero-order chi connectivity index (χ0) is 14.3. The molecule has 1 aromatic carbocycles. The average molecular weight is 286 g/mol. The van der Waals surface area contributed by atoms with E-state index < -0.39 is 0 Å². The minimum absolute atomic E-state index is 0.0778. The molecule has 1 atom stereocenters. The van der Waals surface area contributed by atoms with Gasteiger partial charge in [-0.15, -0.1) is 0 Å². The molecule has 0 amide bonds. The molecule has 2 aliphatic carbocycles. The van der Waals surface area contributed by atoms with Crippen LogP contribution in [0.15, 0.2) is 24.3 Å². The lowest BCUT2D eigenvalue weighted by atomic mass is 9.91. The predicted molar refractivity (Wildman–Crippen MR) is 85.7 cm³/mol. The molecule has 1 heterocycles. The van der Waals surface area contributed by atoms with E-state index in [1.807, 2.05) is 0 Å². The van der Waals surface area contributed by atoms with E-state index in [1.54, 1.807) is 0 Å². The zero-order valence-corrected chi connectivity index (χ0v) is 12.7. The van der Waals surface area contributed by atoms with E-state index in [9.17, 15) is 5.11 Å². The van der Waals surface area contributed by atoms with Crippen molar-refractivity contribution >= 4 is 5.69 Å². The van der Waals surface area contributed by atoms with Gasteiger partial charge in [-0.1, -0.05) is 18.2 Å². The number of nitrogens with one attached hydrogen (secondary N) is 1. The van der Waals surface area contributed by atoms with Crippen molar-refractivity contribution in [3.8, 4) is 0 Å². The molecule has 1 aliphatic heterocycles. The lowest BCUT2D eigenvalue weighted by molar-refractivity contribution is 0.141. The largest absolute Gasteiger partial charge is 0.394 e. The number of anilines is 1. The van der Waals surface area contributed by atoms with E-state index in [-0.39, 0.29) is 12.1 Å². The van der Waals surface area contributed by atoms with Crippen LogP contribution in [0.1, 0.15) is 37.7 Å². The summed E-state index contributed by atoms with van der Waals surface area (Å²) in [6.45, 7) is 2.35. The van der Waals surface area contributed by atoms with Gasteiger partial charge >= 0.3 is 0 Å². The van der Waals surface area contributed by atoms with Crippen molar-refractivity contribution < 1.29 is 5.11 Å². The topological polar surface area (TPSA) is 35.5 Å². The summed E-state index contributed by atoms with van der Waals surface area (Å²) in [5, 5.41) is 14.0. The van der Waals surface area contributed by atoms with E-state index in [4.69, 9.17) is 0 Å². The van der Waals surface area contributed by atoms with Crippen LogP contribution in [0.3, 0.4) is 0 Å². The summed E-state index contributed by atoms with van der Waals surface area (Å²) in [5.74, 6) is 0.664. The monoisotopic (exact) mass is 286 g/mol. The van der Waals surface area contributed by atoms with Crippen molar-refractivity contribution in [2.75, 3.05) is 24.6 Å². The summed E-state index contributed by atoms with van der Waals surface area (Å²) in [7, 11) is 0. The van der Waals surface area contributed by atoms with Crippen molar-refractivity contribution in [2.45, 2.75) is 50.1 Å². The molecule has 3 heteroatoms. The molecule has 2 fully saturated rings. The molecule has 2 N–H and O–H groups in total. The van der Waals surface area contributed by atoms with E-state index >= 15 is 0 Å². The summed E-state index contributed by atoms with van der Waals surface area (Å²) < 4.78 is 0. The number of aliphatic hydroxyl groups excluding tert-OH is 1. The SMILES string of the molecule is OCC(CN1CCCc2ccccc21)(NC1CC1)C1CC1. The highest BCUT2D eigenvalue weighted by atomic mass is 16.3. The lowest BCUT2D eigenvalue weighted by Gasteiger charge is -2.42. The minimum Gasteiger partial charge on any atom is -0.394 e. The first-order valence-corrected chi connectivity index (χ1v) is 8.52. The molecule has 2 saturated carbocycles. The third kappa shape index (κ3) is 2.69. The minimum atomic E-state index is -0.0778. The fraction of sp³-hybridized carbons (Fsp3) is 0.667. The summed E-state index contributed by atoms with van der Waals surface area (Å²) >= 11 is 0. The van der Waals surface area contributed by atoms with Crippen LogP contribution in [0.4, 0.5) is 5.69 Å². The first-order chi connectivity index (χ1) is 10.3. The first kappa shape index (κ1) is 13.6. The van der Waals surface area contributed by atoms with Crippen molar-refractivity contribution in [1.29, 1.82) is 0 Å². The predicted octanol–water partition coefficient (Wildman–Crippen LogP) is 2.33. The highest BCUT2D eigenvalue weighted by molar-refractivity contribution is 5.55. The fourth-order valence-electron chi connectivity index (χ4n) is 3.90. The third-order valence-electron chi connectivity index (χ3n) is 5.39. The normalized spacial score (nSPS) is 24.5. The molecular weight excluding hydrogens is 260 g/mol. The second-order valence-corrected chi connectivity index (χ2v) is 7.16. The second kappa shape index (κ2) is 5.29. The quantitative estimate of drug-likeness (QED) is 0.842. The fourth-order valence-corrected chi connectivity index (χ4v) is 3.90. The molecule has 3 nitrogen and oxygen atoms in total. The van der Waals surface area contributed by atoms with Crippen LogP contribution >= 0.6 is 0 Å². The van der Waals surface area contributed by atoms with Crippen molar-refractivity contribution in [2.24, 2.45) is 5.92 Å². The van der Waals surface area contributed by atoms with Gasteiger partial charge in [0.15, 0.2) is 0 Å². The number of aryl methyl sites for hydroxylation is 1. The van der Waals surface area contributed by atoms with Crippen LogP contribution in [-0.4, -0.2) is 36.4 Å². The van der Waals surface area contributed by atoms with Gasteiger partial charge in [0.05, 0.1) is 12.1 Å². The third-order valence-corrected chi connectivity index (χ3v) is 5.39. The number of nitrogens with zero attached hydrogens (tertiary/aromatic N) is 1. The van der Waals surface area contributed by atoms with Crippen molar-refractivity contribution in [3.05, 3.63) is 29.8 Å². The standard InChI is InChI=1S/C18H26N2O/c21-13-18(15-7-8-15,19-16-9-10-16)12-20-11-3-5-14-4-1-2-6-17(14)20/h1-2,4,6,15-16,19,21H,3,5,7-13H2. The van der Waals surface area contributed by atoms with Gasteiger partial charge < -0.3 is 15.3 Å². The van der Waals surface area contributed by atoms with Crippen molar-refractivity contribution in [3.63, 3.8) is 0 Å².